The monoisotopic (exact) mass is 396 g/mol. The molecule has 0 spiro atoms. The maximum Gasteiger partial charge on any atom is 0.153 e. The van der Waals surface area contributed by atoms with Crippen LogP contribution < -0.4 is 20.1 Å². The van der Waals surface area contributed by atoms with E-state index in [1.807, 2.05) is 31.2 Å². The van der Waals surface area contributed by atoms with Crippen LogP contribution in [0.25, 0.3) is 11.3 Å². The van der Waals surface area contributed by atoms with Crippen LogP contribution >= 0.6 is 0 Å². The topological polar surface area (TPSA) is 106 Å². The van der Waals surface area contributed by atoms with Gasteiger partial charge in [-0.25, -0.2) is 4.98 Å². The average Bonchev–Trinajstić information content (AvgIpc) is 3.22. The molecule has 0 amide bonds. The van der Waals surface area contributed by atoms with Gasteiger partial charge in [-0.3, -0.25) is 10.1 Å². The smallest absolute Gasteiger partial charge is 0.153 e. The van der Waals surface area contributed by atoms with Gasteiger partial charge in [0.05, 0.1) is 43.1 Å². The number of ether oxygens (including phenoxy) is 3. The Labute approximate surface area is 168 Å². The fraction of sp³-hybridized carbons (Fsp3) is 0.350. The molecule has 1 aromatic carbocycles. The minimum atomic E-state index is 0.0157. The third-order valence-electron chi connectivity index (χ3n) is 4.52. The molecule has 3 heterocycles. The van der Waals surface area contributed by atoms with Gasteiger partial charge in [0.1, 0.15) is 30.0 Å². The minimum absolute atomic E-state index is 0.0157. The summed E-state index contributed by atoms with van der Waals surface area (Å²) in [5.41, 5.74) is 2.42. The van der Waals surface area contributed by atoms with Crippen molar-refractivity contribution in [3.05, 3.63) is 42.4 Å². The first-order chi connectivity index (χ1) is 14.2. The van der Waals surface area contributed by atoms with Crippen LogP contribution in [0, 0.1) is 6.92 Å². The van der Waals surface area contributed by atoms with Crippen LogP contribution in [-0.4, -0.2) is 59.7 Å². The molecule has 152 valence electrons. The molecule has 1 fully saturated rings. The number of aryl methyl sites for hydroxylation is 1. The van der Waals surface area contributed by atoms with Gasteiger partial charge in [0.15, 0.2) is 5.82 Å². The molecular weight excluding hydrogens is 372 g/mol. The Bertz CT molecular complexity index is 938. The van der Waals surface area contributed by atoms with Gasteiger partial charge in [-0.1, -0.05) is 6.07 Å². The first kappa shape index (κ1) is 19.2. The summed E-state index contributed by atoms with van der Waals surface area (Å²) >= 11 is 0. The van der Waals surface area contributed by atoms with Crippen molar-refractivity contribution in [3.8, 4) is 22.8 Å². The summed E-state index contributed by atoms with van der Waals surface area (Å²) in [6, 6.07) is 7.58. The number of morpholine rings is 1. The Balaban J connectivity index is 1.55. The fourth-order valence-corrected chi connectivity index (χ4v) is 3.08. The molecule has 1 aliphatic rings. The predicted molar refractivity (Wildman–Crippen MR) is 109 cm³/mol. The molecule has 4 rings (SSSR count). The normalized spacial score (nSPS) is 16.4. The van der Waals surface area contributed by atoms with Crippen LogP contribution in [-0.2, 0) is 4.74 Å². The van der Waals surface area contributed by atoms with Crippen molar-refractivity contribution in [3.63, 3.8) is 0 Å². The number of aromatic nitrogens is 4. The number of nitrogens with zero attached hydrogens (tertiary/aromatic N) is 3. The first-order valence-electron chi connectivity index (χ1n) is 9.46. The molecule has 29 heavy (non-hydrogen) atoms. The van der Waals surface area contributed by atoms with Crippen molar-refractivity contribution in [2.45, 2.75) is 13.0 Å². The van der Waals surface area contributed by atoms with Crippen molar-refractivity contribution >= 4 is 11.6 Å². The lowest BCUT2D eigenvalue weighted by atomic mass is 10.1. The number of aromatic amines is 1. The number of nitrogens with one attached hydrogen (secondary N) is 3. The van der Waals surface area contributed by atoms with E-state index in [1.165, 1.54) is 0 Å². The minimum Gasteiger partial charge on any atom is -0.496 e. The number of hydrogen-bond acceptors (Lipinski definition) is 8. The molecule has 1 aliphatic heterocycles. The Hall–Kier alpha value is -3.17. The molecule has 3 N–H and O–H groups in total. The van der Waals surface area contributed by atoms with E-state index in [0.29, 0.717) is 36.3 Å². The molecule has 3 aromatic rings. The van der Waals surface area contributed by atoms with Crippen LogP contribution in [0.2, 0.25) is 0 Å². The standard InChI is InChI=1S/C20H24N6O3/c1-13-9-23-19(11-22-13)24-18-8-15(25-26-18)20-16(27-2)4-3-5-17(20)29-12-14-10-21-6-7-28-14/h3-5,8-9,11,14,21H,6-7,10,12H2,1-2H3,(H2,23,24,25,26). The van der Waals surface area contributed by atoms with E-state index in [-0.39, 0.29) is 6.10 Å². The van der Waals surface area contributed by atoms with Crippen molar-refractivity contribution < 1.29 is 14.2 Å². The van der Waals surface area contributed by atoms with Gasteiger partial charge >= 0.3 is 0 Å². The number of hydrogen-bond donors (Lipinski definition) is 3. The molecule has 9 heteroatoms. The van der Waals surface area contributed by atoms with Gasteiger partial charge in [-0.05, 0) is 19.1 Å². The summed E-state index contributed by atoms with van der Waals surface area (Å²) in [5, 5.41) is 13.8. The van der Waals surface area contributed by atoms with Crippen LogP contribution in [0.3, 0.4) is 0 Å². The Morgan fingerprint density at radius 3 is 2.86 bits per heavy atom. The number of benzene rings is 1. The zero-order chi connectivity index (χ0) is 20.1. The second-order valence-electron chi connectivity index (χ2n) is 6.68. The summed E-state index contributed by atoms with van der Waals surface area (Å²) in [7, 11) is 1.63. The van der Waals surface area contributed by atoms with Gasteiger partial charge < -0.3 is 24.8 Å². The average molecular weight is 396 g/mol. The molecule has 0 aliphatic carbocycles. The molecule has 2 aromatic heterocycles. The molecule has 0 saturated carbocycles. The van der Waals surface area contributed by atoms with E-state index in [1.54, 1.807) is 19.5 Å². The quantitative estimate of drug-likeness (QED) is 0.559. The second kappa shape index (κ2) is 8.89. The van der Waals surface area contributed by atoms with E-state index in [9.17, 15) is 0 Å². The summed E-state index contributed by atoms with van der Waals surface area (Å²) < 4.78 is 17.4. The third kappa shape index (κ3) is 4.64. The number of methoxy groups -OCH3 is 1. The molecule has 9 nitrogen and oxygen atoms in total. The Morgan fingerprint density at radius 2 is 2.10 bits per heavy atom. The Kier molecular flexibility index (Phi) is 5.87. The molecule has 0 radical (unpaired) electrons. The first-order valence-corrected chi connectivity index (χ1v) is 9.46. The van der Waals surface area contributed by atoms with E-state index < -0.39 is 0 Å². The molecular formula is C20H24N6O3. The molecule has 1 saturated heterocycles. The third-order valence-corrected chi connectivity index (χ3v) is 4.52. The summed E-state index contributed by atoms with van der Waals surface area (Å²) in [5.74, 6) is 2.63. The lowest BCUT2D eigenvalue weighted by molar-refractivity contribution is 0.000280. The van der Waals surface area contributed by atoms with Crippen molar-refractivity contribution in [1.82, 2.24) is 25.5 Å². The van der Waals surface area contributed by atoms with Crippen LogP contribution in [0.4, 0.5) is 11.6 Å². The van der Waals surface area contributed by atoms with Gasteiger partial charge in [0, 0.05) is 19.2 Å². The van der Waals surface area contributed by atoms with Gasteiger partial charge in [-0.15, -0.1) is 0 Å². The summed E-state index contributed by atoms with van der Waals surface area (Å²) in [6.45, 7) is 4.67. The fourth-order valence-electron chi connectivity index (χ4n) is 3.08. The number of anilines is 2. The summed E-state index contributed by atoms with van der Waals surface area (Å²) in [4.78, 5) is 8.52. The second-order valence-corrected chi connectivity index (χ2v) is 6.68. The van der Waals surface area contributed by atoms with E-state index >= 15 is 0 Å². The highest BCUT2D eigenvalue weighted by atomic mass is 16.5. The van der Waals surface area contributed by atoms with Crippen molar-refractivity contribution in [2.24, 2.45) is 0 Å². The number of H-pyrrole nitrogens is 1. The zero-order valence-corrected chi connectivity index (χ0v) is 16.4. The lowest BCUT2D eigenvalue weighted by Gasteiger charge is -2.24. The highest BCUT2D eigenvalue weighted by Gasteiger charge is 2.19. The molecule has 1 unspecified atom stereocenters. The highest BCUT2D eigenvalue weighted by Crippen LogP contribution is 2.38. The van der Waals surface area contributed by atoms with E-state index in [0.717, 1.165) is 30.0 Å². The van der Waals surface area contributed by atoms with Gasteiger partial charge in [-0.2, -0.15) is 5.10 Å². The van der Waals surface area contributed by atoms with Crippen molar-refractivity contribution in [2.75, 3.05) is 38.7 Å². The molecule has 1 atom stereocenters. The van der Waals surface area contributed by atoms with Gasteiger partial charge in [0.25, 0.3) is 0 Å². The van der Waals surface area contributed by atoms with E-state index in [4.69, 9.17) is 14.2 Å². The maximum atomic E-state index is 6.08. The molecule has 0 bridgehead atoms. The van der Waals surface area contributed by atoms with Crippen LogP contribution in [0.15, 0.2) is 36.7 Å². The predicted octanol–water partition coefficient (Wildman–Crippen LogP) is 2.29. The number of rotatable bonds is 7. The maximum absolute atomic E-state index is 6.08. The van der Waals surface area contributed by atoms with Crippen LogP contribution in [0.1, 0.15) is 5.69 Å². The van der Waals surface area contributed by atoms with Crippen molar-refractivity contribution in [1.29, 1.82) is 0 Å². The van der Waals surface area contributed by atoms with Gasteiger partial charge in [0.2, 0.25) is 0 Å². The SMILES string of the molecule is COc1cccc(OCC2CNCCO2)c1-c1cc(Nc2cnc(C)cn2)n[nH]1. The highest BCUT2D eigenvalue weighted by molar-refractivity contribution is 5.76. The van der Waals surface area contributed by atoms with Crippen LogP contribution in [0.5, 0.6) is 11.5 Å². The summed E-state index contributed by atoms with van der Waals surface area (Å²) in [6.07, 6.45) is 3.38. The van der Waals surface area contributed by atoms with E-state index in [2.05, 4.69) is 30.8 Å². The lowest BCUT2D eigenvalue weighted by Crippen LogP contribution is -2.41. The zero-order valence-electron chi connectivity index (χ0n) is 16.4. The largest absolute Gasteiger partial charge is 0.496 e. The Morgan fingerprint density at radius 1 is 1.21 bits per heavy atom.